The first-order chi connectivity index (χ1) is 8.96. The average molecular weight is 273 g/mol. The molecule has 0 saturated heterocycles. The SMILES string of the molecule is COc1ccc(C#CCN)c(COCC(F)(F)F)c1. The normalized spacial score (nSPS) is 10.8. The summed E-state index contributed by atoms with van der Waals surface area (Å²) in [5, 5.41) is 0. The van der Waals surface area contributed by atoms with Gasteiger partial charge < -0.3 is 15.2 Å². The van der Waals surface area contributed by atoms with Gasteiger partial charge in [-0.2, -0.15) is 13.2 Å². The number of methoxy groups -OCH3 is 1. The van der Waals surface area contributed by atoms with E-state index in [0.717, 1.165) is 0 Å². The van der Waals surface area contributed by atoms with Crippen molar-refractivity contribution in [2.45, 2.75) is 12.8 Å². The van der Waals surface area contributed by atoms with Gasteiger partial charge >= 0.3 is 6.18 Å². The monoisotopic (exact) mass is 273 g/mol. The van der Waals surface area contributed by atoms with Gasteiger partial charge in [-0.15, -0.1) is 0 Å². The summed E-state index contributed by atoms with van der Waals surface area (Å²) < 4.78 is 45.7. The lowest BCUT2D eigenvalue weighted by Gasteiger charge is -2.10. The molecule has 0 spiro atoms. The molecular weight excluding hydrogens is 259 g/mol. The Labute approximate surface area is 109 Å². The van der Waals surface area contributed by atoms with Crippen molar-refractivity contribution < 1.29 is 22.6 Å². The molecule has 0 radical (unpaired) electrons. The number of halogens is 3. The summed E-state index contributed by atoms with van der Waals surface area (Å²) in [6.45, 7) is -1.31. The summed E-state index contributed by atoms with van der Waals surface area (Å²) >= 11 is 0. The summed E-state index contributed by atoms with van der Waals surface area (Å²) in [5.41, 5.74) is 6.37. The molecule has 0 atom stereocenters. The number of alkyl halides is 3. The van der Waals surface area contributed by atoms with E-state index < -0.39 is 12.8 Å². The van der Waals surface area contributed by atoms with Crippen LogP contribution in [-0.2, 0) is 11.3 Å². The van der Waals surface area contributed by atoms with Gasteiger partial charge in [0, 0.05) is 5.56 Å². The molecule has 0 heterocycles. The summed E-state index contributed by atoms with van der Waals surface area (Å²) in [7, 11) is 1.47. The lowest BCUT2D eigenvalue weighted by molar-refractivity contribution is -0.176. The molecular formula is C13H14F3NO2. The van der Waals surface area contributed by atoms with Crippen LogP contribution < -0.4 is 10.5 Å². The molecule has 1 rings (SSSR count). The molecule has 6 heteroatoms. The van der Waals surface area contributed by atoms with Crippen molar-refractivity contribution in [3.8, 4) is 17.6 Å². The Kier molecular flexibility index (Phi) is 5.67. The minimum Gasteiger partial charge on any atom is -0.497 e. The van der Waals surface area contributed by atoms with Crippen molar-refractivity contribution in [3.05, 3.63) is 29.3 Å². The summed E-state index contributed by atoms with van der Waals surface area (Å²) in [6.07, 6.45) is -4.35. The standard InChI is InChI=1S/C13H14F3NO2/c1-18-12-5-4-10(3-2-6-17)11(7-12)8-19-9-13(14,15)16/h4-5,7H,6,8-9,17H2,1H3. The second kappa shape index (κ2) is 7.02. The van der Waals surface area contributed by atoms with Crippen LogP contribution in [0.3, 0.4) is 0 Å². The molecule has 0 aliphatic heterocycles. The molecule has 0 amide bonds. The van der Waals surface area contributed by atoms with E-state index in [-0.39, 0.29) is 13.2 Å². The predicted octanol–water partition coefficient (Wildman–Crippen LogP) is 2.08. The van der Waals surface area contributed by atoms with Crippen LogP contribution in [0.25, 0.3) is 0 Å². The Hall–Kier alpha value is -1.71. The van der Waals surface area contributed by atoms with E-state index in [1.807, 2.05) is 0 Å². The lowest BCUT2D eigenvalue weighted by Crippen LogP contribution is -2.17. The van der Waals surface area contributed by atoms with Gasteiger partial charge in [-0.25, -0.2) is 0 Å². The Bertz CT molecular complexity index is 475. The Morgan fingerprint density at radius 3 is 2.63 bits per heavy atom. The topological polar surface area (TPSA) is 44.5 Å². The first-order valence-corrected chi connectivity index (χ1v) is 5.46. The predicted molar refractivity (Wildman–Crippen MR) is 64.6 cm³/mol. The van der Waals surface area contributed by atoms with Crippen molar-refractivity contribution in [2.24, 2.45) is 5.73 Å². The third kappa shape index (κ3) is 5.64. The molecule has 0 saturated carbocycles. The van der Waals surface area contributed by atoms with Gasteiger partial charge in [-0.1, -0.05) is 11.8 Å². The second-order valence-electron chi connectivity index (χ2n) is 3.64. The van der Waals surface area contributed by atoms with Gasteiger partial charge in [-0.05, 0) is 23.8 Å². The Balaban J connectivity index is 2.82. The largest absolute Gasteiger partial charge is 0.497 e. The van der Waals surface area contributed by atoms with Crippen molar-refractivity contribution in [3.63, 3.8) is 0 Å². The smallest absolute Gasteiger partial charge is 0.411 e. The third-order valence-electron chi connectivity index (χ3n) is 2.16. The maximum atomic E-state index is 12.0. The number of benzene rings is 1. The lowest BCUT2D eigenvalue weighted by atomic mass is 10.1. The molecule has 0 bridgehead atoms. The quantitative estimate of drug-likeness (QED) is 0.854. The van der Waals surface area contributed by atoms with E-state index in [4.69, 9.17) is 10.5 Å². The first kappa shape index (κ1) is 15.3. The molecule has 0 fully saturated rings. The minimum atomic E-state index is -4.35. The second-order valence-corrected chi connectivity index (χ2v) is 3.64. The maximum Gasteiger partial charge on any atom is 0.411 e. The molecule has 0 aliphatic carbocycles. The zero-order chi connectivity index (χ0) is 14.3. The first-order valence-electron chi connectivity index (χ1n) is 5.46. The zero-order valence-electron chi connectivity index (χ0n) is 10.4. The summed E-state index contributed by atoms with van der Waals surface area (Å²) in [4.78, 5) is 0. The fourth-order valence-corrected chi connectivity index (χ4v) is 1.36. The van der Waals surface area contributed by atoms with Gasteiger partial charge in [0.25, 0.3) is 0 Å². The van der Waals surface area contributed by atoms with Crippen LogP contribution in [0.5, 0.6) is 5.75 Å². The number of hydrogen-bond acceptors (Lipinski definition) is 3. The number of rotatable bonds is 4. The van der Waals surface area contributed by atoms with E-state index in [1.54, 1.807) is 18.2 Å². The zero-order valence-corrected chi connectivity index (χ0v) is 10.4. The molecule has 2 N–H and O–H groups in total. The molecule has 1 aromatic carbocycles. The molecule has 0 unspecified atom stereocenters. The van der Waals surface area contributed by atoms with E-state index >= 15 is 0 Å². The Morgan fingerprint density at radius 1 is 1.32 bits per heavy atom. The van der Waals surface area contributed by atoms with Crippen LogP contribution in [-0.4, -0.2) is 26.4 Å². The van der Waals surface area contributed by atoms with E-state index in [1.165, 1.54) is 7.11 Å². The van der Waals surface area contributed by atoms with Gasteiger partial charge in [0.05, 0.1) is 20.3 Å². The van der Waals surface area contributed by atoms with Crippen molar-refractivity contribution >= 4 is 0 Å². The highest BCUT2D eigenvalue weighted by Crippen LogP contribution is 2.20. The van der Waals surface area contributed by atoms with Crippen molar-refractivity contribution in [1.82, 2.24) is 0 Å². The molecule has 1 aromatic rings. The highest BCUT2D eigenvalue weighted by molar-refractivity contribution is 5.45. The van der Waals surface area contributed by atoms with Crippen LogP contribution in [0.4, 0.5) is 13.2 Å². The van der Waals surface area contributed by atoms with E-state index in [2.05, 4.69) is 16.6 Å². The van der Waals surface area contributed by atoms with E-state index in [9.17, 15) is 13.2 Å². The van der Waals surface area contributed by atoms with Crippen molar-refractivity contribution in [1.29, 1.82) is 0 Å². The van der Waals surface area contributed by atoms with Gasteiger partial charge in [-0.3, -0.25) is 0 Å². The number of hydrogen-bond donors (Lipinski definition) is 1. The fraction of sp³-hybridized carbons (Fsp3) is 0.385. The number of ether oxygens (including phenoxy) is 2. The highest BCUT2D eigenvalue weighted by Gasteiger charge is 2.27. The average Bonchev–Trinajstić information content (AvgIpc) is 2.35. The summed E-state index contributed by atoms with van der Waals surface area (Å²) in [5.74, 6) is 5.96. The minimum absolute atomic E-state index is 0.175. The van der Waals surface area contributed by atoms with Crippen molar-refractivity contribution in [2.75, 3.05) is 20.3 Å². The van der Waals surface area contributed by atoms with Crippen LogP contribution in [0.15, 0.2) is 18.2 Å². The van der Waals surface area contributed by atoms with Crippen LogP contribution in [0.2, 0.25) is 0 Å². The molecule has 0 aromatic heterocycles. The van der Waals surface area contributed by atoms with Crippen LogP contribution >= 0.6 is 0 Å². The van der Waals surface area contributed by atoms with E-state index in [0.29, 0.717) is 16.9 Å². The number of nitrogens with two attached hydrogens (primary N) is 1. The molecule has 19 heavy (non-hydrogen) atoms. The molecule has 104 valence electrons. The van der Waals surface area contributed by atoms with Crippen LogP contribution in [0, 0.1) is 11.8 Å². The van der Waals surface area contributed by atoms with Gasteiger partial charge in [0.2, 0.25) is 0 Å². The Morgan fingerprint density at radius 2 is 2.05 bits per heavy atom. The van der Waals surface area contributed by atoms with Crippen LogP contribution in [0.1, 0.15) is 11.1 Å². The molecule has 3 nitrogen and oxygen atoms in total. The fourth-order valence-electron chi connectivity index (χ4n) is 1.36. The van der Waals surface area contributed by atoms with Gasteiger partial charge in [0.1, 0.15) is 12.4 Å². The van der Waals surface area contributed by atoms with Gasteiger partial charge in [0.15, 0.2) is 0 Å². The highest BCUT2D eigenvalue weighted by atomic mass is 19.4. The maximum absolute atomic E-state index is 12.0. The summed E-state index contributed by atoms with van der Waals surface area (Å²) in [6, 6.07) is 4.93. The molecule has 0 aliphatic rings. The third-order valence-corrected chi connectivity index (χ3v) is 2.16.